The first-order valence-corrected chi connectivity index (χ1v) is 7.82. The van der Waals surface area contributed by atoms with Gasteiger partial charge in [-0.3, -0.25) is 0 Å². The van der Waals surface area contributed by atoms with Crippen LogP contribution in [0, 0.1) is 0 Å². The van der Waals surface area contributed by atoms with E-state index in [0.29, 0.717) is 29.9 Å². The second-order valence-corrected chi connectivity index (χ2v) is 6.95. The van der Waals surface area contributed by atoms with Crippen molar-refractivity contribution in [2.45, 2.75) is 24.2 Å². The van der Waals surface area contributed by atoms with E-state index in [9.17, 15) is 13.5 Å². The second-order valence-electron chi connectivity index (χ2n) is 4.61. The van der Waals surface area contributed by atoms with Gasteiger partial charge in [0.2, 0.25) is 0 Å². The SMILES string of the molecule is COc1ccc([C@@H](O)[C@H]2CCCS2(=O)=O)cc1OC. The van der Waals surface area contributed by atoms with Crippen LogP contribution in [0.5, 0.6) is 11.5 Å². The molecule has 2 rings (SSSR count). The van der Waals surface area contributed by atoms with Crippen LogP contribution in [0.2, 0.25) is 0 Å². The Labute approximate surface area is 113 Å². The van der Waals surface area contributed by atoms with Crippen LogP contribution in [0.3, 0.4) is 0 Å². The summed E-state index contributed by atoms with van der Waals surface area (Å²) in [4.78, 5) is 0. The van der Waals surface area contributed by atoms with Crippen LogP contribution in [0.1, 0.15) is 24.5 Å². The van der Waals surface area contributed by atoms with Gasteiger partial charge in [0, 0.05) is 0 Å². The number of benzene rings is 1. The number of aliphatic hydroxyl groups excluding tert-OH is 1. The smallest absolute Gasteiger partial charge is 0.161 e. The molecule has 1 fully saturated rings. The summed E-state index contributed by atoms with van der Waals surface area (Å²) in [5, 5.41) is 9.55. The molecule has 1 aliphatic heterocycles. The number of hydrogen-bond donors (Lipinski definition) is 1. The summed E-state index contributed by atoms with van der Waals surface area (Å²) in [6.45, 7) is 0. The molecule has 0 bridgehead atoms. The van der Waals surface area contributed by atoms with Gasteiger partial charge >= 0.3 is 0 Å². The fourth-order valence-electron chi connectivity index (χ4n) is 2.42. The minimum absolute atomic E-state index is 0.155. The molecule has 0 saturated carbocycles. The number of sulfone groups is 1. The molecule has 6 heteroatoms. The van der Waals surface area contributed by atoms with Gasteiger partial charge in [0.15, 0.2) is 21.3 Å². The lowest BCUT2D eigenvalue weighted by molar-refractivity contribution is 0.169. The molecular formula is C13H18O5S. The molecule has 1 aromatic rings. The van der Waals surface area contributed by atoms with Crippen LogP contribution in [0.25, 0.3) is 0 Å². The Bertz CT molecular complexity index is 552. The third-order valence-corrected chi connectivity index (χ3v) is 5.75. The standard InChI is InChI=1S/C13H18O5S/c1-17-10-6-5-9(8-11(10)18-2)13(14)12-4-3-7-19(12,15)16/h5-6,8,12-14H,3-4,7H2,1-2H3/t12-,13-/m1/s1. The molecule has 0 aliphatic carbocycles. The van der Waals surface area contributed by atoms with Crippen molar-refractivity contribution in [1.82, 2.24) is 0 Å². The molecule has 0 unspecified atom stereocenters. The minimum Gasteiger partial charge on any atom is -0.493 e. The van der Waals surface area contributed by atoms with E-state index in [1.807, 2.05) is 0 Å². The average molecular weight is 286 g/mol. The lowest BCUT2D eigenvalue weighted by atomic mass is 10.0. The molecule has 0 amide bonds. The Balaban J connectivity index is 2.31. The first-order valence-electron chi connectivity index (χ1n) is 6.11. The maximum absolute atomic E-state index is 11.8. The van der Waals surface area contributed by atoms with Gasteiger partial charge in [-0.25, -0.2) is 8.42 Å². The van der Waals surface area contributed by atoms with Crippen molar-refractivity contribution in [3.8, 4) is 11.5 Å². The molecule has 2 atom stereocenters. The molecule has 1 saturated heterocycles. The van der Waals surface area contributed by atoms with Gasteiger partial charge in [0.05, 0.1) is 31.3 Å². The minimum atomic E-state index is -3.19. The van der Waals surface area contributed by atoms with Crippen LogP contribution in [-0.4, -0.2) is 38.7 Å². The first kappa shape index (κ1) is 14.1. The predicted octanol–water partition coefficient (Wildman–Crippen LogP) is 1.31. The van der Waals surface area contributed by atoms with Gasteiger partial charge in [0.25, 0.3) is 0 Å². The monoisotopic (exact) mass is 286 g/mol. The van der Waals surface area contributed by atoms with Crippen LogP contribution >= 0.6 is 0 Å². The van der Waals surface area contributed by atoms with Crippen molar-refractivity contribution >= 4 is 9.84 Å². The van der Waals surface area contributed by atoms with Crippen molar-refractivity contribution in [2.24, 2.45) is 0 Å². The fraction of sp³-hybridized carbons (Fsp3) is 0.538. The van der Waals surface area contributed by atoms with Gasteiger partial charge in [-0.1, -0.05) is 6.07 Å². The summed E-state index contributed by atoms with van der Waals surface area (Å²) in [5.41, 5.74) is 0.535. The highest BCUT2D eigenvalue weighted by molar-refractivity contribution is 7.92. The molecule has 0 spiro atoms. The molecule has 1 aliphatic rings. The molecule has 1 aromatic carbocycles. The second kappa shape index (κ2) is 5.38. The normalized spacial score (nSPS) is 23.0. The van der Waals surface area contributed by atoms with Gasteiger partial charge in [-0.05, 0) is 30.5 Å². The number of methoxy groups -OCH3 is 2. The highest BCUT2D eigenvalue weighted by Gasteiger charge is 2.37. The van der Waals surface area contributed by atoms with E-state index in [4.69, 9.17) is 9.47 Å². The Kier molecular flexibility index (Phi) is 4.01. The van der Waals surface area contributed by atoms with Gasteiger partial charge < -0.3 is 14.6 Å². The van der Waals surface area contributed by atoms with E-state index < -0.39 is 21.2 Å². The lowest BCUT2D eigenvalue weighted by Gasteiger charge is -2.19. The Morgan fingerprint density at radius 2 is 1.95 bits per heavy atom. The molecule has 19 heavy (non-hydrogen) atoms. The quantitative estimate of drug-likeness (QED) is 0.903. The summed E-state index contributed by atoms with van der Waals surface area (Å²) in [6, 6.07) is 4.95. The predicted molar refractivity (Wildman–Crippen MR) is 71.3 cm³/mol. The van der Waals surface area contributed by atoms with Crippen molar-refractivity contribution in [3.63, 3.8) is 0 Å². The summed E-state index contributed by atoms with van der Waals surface area (Å²) in [5.74, 6) is 1.18. The lowest BCUT2D eigenvalue weighted by Crippen LogP contribution is -2.24. The molecule has 1 heterocycles. The van der Waals surface area contributed by atoms with Gasteiger partial charge in [-0.2, -0.15) is 0 Å². The number of ether oxygens (including phenoxy) is 2. The third-order valence-electron chi connectivity index (χ3n) is 3.48. The molecule has 106 valence electrons. The van der Waals surface area contributed by atoms with Crippen molar-refractivity contribution in [2.75, 3.05) is 20.0 Å². The molecular weight excluding hydrogens is 268 g/mol. The van der Waals surface area contributed by atoms with Crippen LogP contribution in [0.15, 0.2) is 18.2 Å². The molecule has 0 aromatic heterocycles. The van der Waals surface area contributed by atoms with Gasteiger partial charge in [-0.15, -0.1) is 0 Å². The average Bonchev–Trinajstić information content (AvgIpc) is 2.76. The van der Waals surface area contributed by atoms with E-state index in [2.05, 4.69) is 0 Å². The van der Waals surface area contributed by atoms with E-state index in [1.165, 1.54) is 14.2 Å². The highest BCUT2D eigenvalue weighted by Crippen LogP contribution is 2.35. The molecule has 0 radical (unpaired) electrons. The zero-order chi connectivity index (χ0) is 14.0. The summed E-state index contributed by atoms with van der Waals surface area (Å²) < 4.78 is 33.9. The maximum atomic E-state index is 11.8. The number of aliphatic hydroxyl groups is 1. The number of hydrogen-bond acceptors (Lipinski definition) is 5. The topological polar surface area (TPSA) is 72.8 Å². The van der Waals surface area contributed by atoms with Crippen molar-refractivity contribution in [1.29, 1.82) is 0 Å². The fourth-order valence-corrected chi connectivity index (χ4v) is 4.37. The number of rotatable bonds is 4. The van der Waals surface area contributed by atoms with Gasteiger partial charge in [0.1, 0.15) is 0 Å². The van der Waals surface area contributed by atoms with E-state index in [-0.39, 0.29) is 5.75 Å². The van der Waals surface area contributed by atoms with E-state index in [1.54, 1.807) is 18.2 Å². The first-order chi connectivity index (χ1) is 8.99. The molecule has 5 nitrogen and oxygen atoms in total. The summed E-state index contributed by atoms with van der Waals surface area (Å²) in [6.07, 6.45) is 0.0853. The largest absolute Gasteiger partial charge is 0.493 e. The Morgan fingerprint density at radius 3 is 2.47 bits per heavy atom. The van der Waals surface area contributed by atoms with Crippen LogP contribution in [0.4, 0.5) is 0 Å². The van der Waals surface area contributed by atoms with Crippen molar-refractivity contribution < 1.29 is 23.0 Å². The zero-order valence-corrected chi connectivity index (χ0v) is 11.8. The van der Waals surface area contributed by atoms with Crippen molar-refractivity contribution in [3.05, 3.63) is 23.8 Å². The Morgan fingerprint density at radius 1 is 1.26 bits per heavy atom. The summed E-state index contributed by atoms with van der Waals surface area (Å²) >= 11 is 0. The Hall–Kier alpha value is -1.27. The zero-order valence-electron chi connectivity index (χ0n) is 11.0. The van der Waals surface area contributed by atoms with Crippen LogP contribution in [-0.2, 0) is 9.84 Å². The maximum Gasteiger partial charge on any atom is 0.161 e. The summed E-state index contributed by atoms with van der Waals surface area (Å²) in [7, 11) is -0.168. The third kappa shape index (κ3) is 2.69. The van der Waals surface area contributed by atoms with Crippen LogP contribution < -0.4 is 9.47 Å². The highest BCUT2D eigenvalue weighted by atomic mass is 32.2. The van der Waals surface area contributed by atoms with E-state index >= 15 is 0 Å². The molecule has 1 N–H and O–H groups in total. The van der Waals surface area contributed by atoms with E-state index in [0.717, 1.165) is 0 Å².